The van der Waals surface area contributed by atoms with Gasteiger partial charge in [0, 0.05) is 12.6 Å². The van der Waals surface area contributed by atoms with E-state index < -0.39 is 0 Å². The number of hydrogen-bond donors (Lipinski definition) is 1. The van der Waals surface area contributed by atoms with E-state index in [0.29, 0.717) is 6.04 Å². The van der Waals surface area contributed by atoms with Gasteiger partial charge in [0.05, 0.1) is 5.60 Å². The van der Waals surface area contributed by atoms with Gasteiger partial charge in [-0.25, -0.2) is 0 Å². The van der Waals surface area contributed by atoms with E-state index in [0.717, 1.165) is 31.9 Å². The number of likely N-dealkylation sites (N-methyl/N-ethyl adjacent to an activating group) is 1. The molecule has 0 aliphatic rings. The highest BCUT2D eigenvalue weighted by atomic mass is 16.5. The lowest BCUT2D eigenvalue weighted by Gasteiger charge is -2.41. The van der Waals surface area contributed by atoms with E-state index in [2.05, 4.69) is 46.9 Å². The SMILES string of the molecule is CCCCC(CC)CC(NCC)C(CC)(CC)OCC. The maximum atomic E-state index is 6.23. The summed E-state index contributed by atoms with van der Waals surface area (Å²) in [6.07, 6.45) is 8.77. The van der Waals surface area contributed by atoms with Gasteiger partial charge in [-0.2, -0.15) is 0 Å². The van der Waals surface area contributed by atoms with Crippen molar-refractivity contribution in [1.29, 1.82) is 0 Å². The molecular formula is C18H39NO. The van der Waals surface area contributed by atoms with Crippen LogP contribution in [0.15, 0.2) is 0 Å². The molecule has 0 saturated heterocycles. The van der Waals surface area contributed by atoms with Crippen LogP contribution in [-0.2, 0) is 4.74 Å². The largest absolute Gasteiger partial charge is 0.374 e. The maximum Gasteiger partial charge on any atom is 0.0829 e. The van der Waals surface area contributed by atoms with Gasteiger partial charge in [0.2, 0.25) is 0 Å². The van der Waals surface area contributed by atoms with E-state index in [4.69, 9.17) is 4.74 Å². The molecule has 2 atom stereocenters. The van der Waals surface area contributed by atoms with E-state index >= 15 is 0 Å². The second-order valence-corrected chi connectivity index (χ2v) is 5.97. The monoisotopic (exact) mass is 285 g/mol. The number of rotatable bonds is 13. The molecule has 1 N–H and O–H groups in total. The van der Waals surface area contributed by atoms with E-state index in [1.54, 1.807) is 0 Å². The van der Waals surface area contributed by atoms with Crippen molar-refractivity contribution >= 4 is 0 Å². The summed E-state index contributed by atoms with van der Waals surface area (Å²) in [6, 6.07) is 0.490. The fourth-order valence-electron chi connectivity index (χ4n) is 3.38. The van der Waals surface area contributed by atoms with Crippen molar-refractivity contribution in [3.63, 3.8) is 0 Å². The summed E-state index contributed by atoms with van der Waals surface area (Å²) in [7, 11) is 0. The molecule has 0 radical (unpaired) electrons. The zero-order chi connectivity index (χ0) is 15.4. The molecule has 0 heterocycles. The van der Waals surface area contributed by atoms with E-state index in [9.17, 15) is 0 Å². The minimum atomic E-state index is 0.0182. The van der Waals surface area contributed by atoms with Crippen LogP contribution in [-0.4, -0.2) is 24.8 Å². The molecule has 2 heteroatoms. The standard InChI is InChI=1S/C18H39NO/c1-7-13-14-16(8-2)15-17(19-11-5)18(9-3,10-4)20-12-6/h16-17,19H,7-15H2,1-6H3. The van der Waals surface area contributed by atoms with Gasteiger partial charge in [0.15, 0.2) is 0 Å². The van der Waals surface area contributed by atoms with Crippen LogP contribution in [0.4, 0.5) is 0 Å². The third kappa shape index (κ3) is 6.13. The van der Waals surface area contributed by atoms with Gasteiger partial charge in [-0.05, 0) is 38.6 Å². The molecule has 0 aliphatic heterocycles. The average Bonchev–Trinajstić information content (AvgIpc) is 2.48. The molecule has 0 spiro atoms. The van der Waals surface area contributed by atoms with Gasteiger partial charge >= 0.3 is 0 Å². The molecule has 20 heavy (non-hydrogen) atoms. The predicted molar refractivity (Wildman–Crippen MR) is 90.3 cm³/mol. The molecule has 2 unspecified atom stereocenters. The third-order valence-electron chi connectivity index (χ3n) is 4.83. The Kier molecular flexibility index (Phi) is 11.5. The third-order valence-corrected chi connectivity index (χ3v) is 4.83. The summed E-state index contributed by atoms with van der Waals surface area (Å²) >= 11 is 0. The fraction of sp³-hybridized carbons (Fsp3) is 1.00. The summed E-state index contributed by atoms with van der Waals surface area (Å²) < 4.78 is 6.23. The van der Waals surface area contributed by atoms with Crippen molar-refractivity contribution < 1.29 is 4.74 Å². The fourth-order valence-corrected chi connectivity index (χ4v) is 3.38. The Hall–Kier alpha value is -0.0800. The summed E-state index contributed by atoms with van der Waals surface area (Å²) in [5, 5.41) is 3.73. The Morgan fingerprint density at radius 1 is 1.00 bits per heavy atom. The molecule has 0 saturated carbocycles. The molecule has 2 nitrogen and oxygen atoms in total. The van der Waals surface area contributed by atoms with Crippen LogP contribution >= 0.6 is 0 Å². The van der Waals surface area contributed by atoms with Crippen LogP contribution < -0.4 is 5.32 Å². The van der Waals surface area contributed by atoms with Gasteiger partial charge in [-0.15, -0.1) is 0 Å². The topological polar surface area (TPSA) is 21.3 Å². The van der Waals surface area contributed by atoms with Crippen molar-refractivity contribution in [2.75, 3.05) is 13.2 Å². The number of ether oxygens (including phenoxy) is 1. The number of hydrogen-bond acceptors (Lipinski definition) is 2. The number of unbranched alkanes of at least 4 members (excludes halogenated alkanes) is 1. The first-order valence-electron chi connectivity index (χ1n) is 9.01. The molecule has 0 aromatic carbocycles. The van der Waals surface area contributed by atoms with Crippen LogP contribution in [0.25, 0.3) is 0 Å². The van der Waals surface area contributed by atoms with Crippen LogP contribution in [0, 0.1) is 5.92 Å². The summed E-state index contributed by atoms with van der Waals surface area (Å²) in [5.74, 6) is 0.830. The quantitative estimate of drug-likeness (QED) is 0.504. The van der Waals surface area contributed by atoms with Gasteiger partial charge < -0.3 is 10.1 Å². The lowest BCUT2D eigenvalue weighted by atomic mass is 9.80. The highest BCUT2D eigenvalue weighted by molar-refractivity contribution is 4.92. The zero-order valence-electron chi connectivity index (χ0n) is 14.9. The summed E-state index contributed by atoms with van der Waals surface area (Å²) in [6.45, 7) is 15.4. The van der Waals surface area contributed by atoms with Gasteiger partial charge in [0.1, 0.15) is 0 Å². The van der Waals surface area contributed by atoms with Crippen LogP contribution in [0.5, 0.6) is 0 Å². The highest BCUT2D eigenvalue weighted by Gasteiger charge is 2.36. The van der Waals surface area contributed by atoms with Gasteiger partial charge in [0.25, 0.3) is 0 Å². The van der Waals surface area contributed by atoms with Crippen molar-refractivity contribution in [2.45, 2.75) is 98.1 Å². The van der Waals surface area contributed by atoms with Gasteiger partial charge in [-0.1, -0.05) is 60.3 Å². The second kappa shape index (κ2) is 11.6. The van der Waals surface area contributed by atoms with E-state index in [1.807, 2.05) is 0 Å². The number of nitrogens with one attached hydrogen (secondary N) is 1. The van der Waals surface area contributed by atoms with Crippen molar-refractivity contribution in [1.82, 2.24) is 5.32 Å². The lowest BCUT2D eigenvalue weighted by molar-refractivity contribution is -0.0768. The molecule has 0 fully saturated rings. The Labute approximate surface area is 128 Å². The summed E-state index contributed by atoms with van der Waals surface area (Å²) in [5.41, 5.74) is 0.0182. The van der Waals surface area contributed by atoms with Crippen molar-refractivity contribution in [3.8, 4) is 0 Å². The molecular weight excluding hydrogens is 246 g/mol. The zero-order valence-corrected chi connectivity index (χ0v) is 14.9. The first-order valence-corrected chi connectivity index (χ1v) is 9.01. The van der Waals surface area contributed by atoms with Crippen LogP contribution in [0.3, 0.4) is 0 Å². The van der Waals surface area contributed by atoms with E-state index in [1.165, 1.54) is 32.1 Å². The normalized spacial score (nSPS) is 15.3. The lowest BCUT2D eigenvalue weighted by Crippen LogP contribution is -2.52. The maximum absolute atomic E-state index is 6.23. The predicted octanol–water partition coefficient (Wildman–Crippen LogP) is 5.17. The first kappa shape index (κ1) is 19.9. The molecule has 0 bridgehead atoms. The Balaban J connectivity index is 4.87. The van der Waals surface area contributed by atoms with Crippen molar-refractivity contribution in [3.05, 3.63) is 0 Å². The highest BCUT2D eigenvalue weighted by Crippen LogP contribution is 2.31. The Morgan fingerprint density at radius 2 is 1.65 bits per heavy atom. The van der Waals surface area contributed by atoms with Gasteiger partial charge in [-0.3, -0.25) is 0 Å². The molecule has 0 amide bonds. The van der Waals surface area contributed by atoms with Crippen molar-refractivity contribution in [2.24, 2.45) is 5.92 Å². The summed E-state index contributed by atoms with van der Waals surface area (Å²) in [4.78, 5) is 0. The van der Waals surface area contributed by atoms with Crippen LogP contribution in [0.2, 0.25) is 0 Å². The average molecular weight is 286 g/mol. The van der Waals surface area contributed by atoms with E-state index in [-0.39, 0.29) is 5.60 Å². The molecule has 0 aromatic heterocycles. The smallest absolute Gasteiger partial charge is 0.0829 e. The molecule has 122 valence electrons. The Bertz CT molecular complexity index is 213. The Morgan fingerprint density at radius 3 is 2.05 bits per heavy atom. The molecule has 0 aromatic rings. The molecule has 0 aliphatic carbocycles. The first-order chi connectivity index (χ1) is 9.63. The second-order valence-electron chi connectivity index (χ2n) is 5.97. The van der Waals surface area contributed by atoms with Crippen LogP contribution in [0.1, 0.15) is 86.5 Å². The minimum Gasteiger partial charge on any atom is -0.374 e. The minimum absolute atomic E-state index is 0.0182. The molecule has 0 rings (SSSR count).